The van der Waals surface area contributed by atoms with Gasteiger partial charge in [0.05, 0.1) is 19.3 Å². The number of aryl methyl sites for hydroxylation is 2. The second kappa shape index (κ2) is 5.70. The number of nitrogens with zero attached hydrogens (tertiary/aromatic N) is 1. The van der Waals surface area contributed by atoms with Gasteiger partial charge in [-0.15, -0.1) is 0 Å². The summed E-state index contributed by atoms with van der Waals surface area (Å²) in [6.07, 6.45) is -0.317. The van der Waals surface area contributed by atoms with E-state index in [1.807, 2.05) is 19.9 Å². The summed E-state index contributed by atoms with van der Waals surface area (Å²) in [5.74, 6) is 1.64. The van der Waals surface area contributed by atoms with Gasteiger partial charge in [-0.05, 0) is 26.8 Å². The highest BCUT2D eigenvalue weighted by Gasteiger charge is 2.13. The lowest BCUT2D eigenvalue weighted by Crippen LogP contribution is -2.38. The molecule has 1 heterocycles. The predicted octanol–water partition coefficient (Wildman–Crippen LogP) is 1.57. The van der Waals surface area contributed by atoms with Gasteiger partial charge in [0.25, 0.3) is 0 Å². The second-order valence-corrected chi connectivity index (χ2v) is 3.98. The first-order chi connectivity index (χ1) is 7.90. The van der Waals surface area contributed by atoms with Gasteiger partial charge < -0.3 is 14.9 Å². The van der Waals surface area contributed by atoms with Crippen LogP contribution in [-0.2, 0) is 11.3 Å². The summed E-state index contributed by atoms with van der Waals surface area (Å²) >= 11 is 0. The van der Waals surface area contributed by atoms with Crippen molar-refractivity contribution in [1.29, 1.82) is 0 Å². The molecule has 1 unspecified atom stereocenters. The number of nitrogens with two attached hydrogens (primary N) is 1. The summed E-state index contributed by atoms with van der Waals surface area (Å²) in [6, 6.07) is 1.00. The highest BCUT2D eigenvalue weighted by molar-refractivity contribution is 5.70. The largest absolute Gasteiger partial charge is 0.466 e. The maximum atomic E-state index is 10.6. The molecular formula is C11H18N2O4. The topological polar surface area (TPSA) is 88.9 Å². The standard InChI is InChI=1S/C11H18N2O4/c1-7-4-10(9(3)17-7)6-16-8(2)5-13(15)11(12)14/h4,8,15H,5-6H2,1-3H3,(H2,12,14). The number of hydrogen-bond acceptors (Lipinski definition) is 4. The van der Waals surface area contributed by atoms with E-state index in [4.69, 9.17) is 20.1 Å². The number of hydrogen-bond donors (Lipinski definition) is 2. The van der Waals surface area contributed by atoms with Crippen molar-refractivity contribution >= 4 is 6.03 Å². The van der Waals surface area contributed by atoms with Gasteiger partial charge in [-0.2, -0.15) is 0 Å². The van der Waals surface area contributed by atoms with E-state index < -0.39 is 6.03 Å². The minimum Gasteiger partial charge on any atom is -0.466 e. The van der Waals surface area contributed by atoms with Gasteiger partial charge in [0.1, 0.15) is 11.5 Å². The molecule has 0 aromatic carbocycles. The smallest absolute Gasteiger partial charge is 0.338 e. The van der Waals surface area contributed by atoms with Crippen molar-refractivity contribution in [2.45, 2.75) is 33.5 Å². The van der Waals surface area contributed by atoms with Crippen LogP contribution < -0.4 is 5.73 Å². The summed E-state index contributed by atoms with van der Waals surface area (Å²) in [6.45, 7) is 5.87. The predicted molar refractivity (Wildman–Crippen MR) is 60.5 cm³/mol. The number of primary amides is 1. The van der Waals surface area contributed by atoms with E-state index in [1.54, 1.807) is 6.92 Å². The Hall–Kier alpha value is -1.53. The van der Waals surface area contributed by atoms with Crippen LogP contribution in [0.5, 0.6) is 0 Å². The number of furan rings is 1. The first-order valence-electron chi connectivity index (χ1n) is 5.33. The van der Waals surface area contributed by atoms with Crippen molar-refractivity contribution in [2.75, 3.05) is 6.54 Å². The lowest BCUT2D eigenvalue weighted by atomic mass is 10.2. The number of carbonyl (C=O) groups is 1. The van der Waals surface area contributed by atoms with Crippen LogP contribution in [0.1, 0.15) is 24.0 Å². The minimum absolute atomic E-state index is 0.0330. The number of hydroxylamine groups is 2. The van der Waals surface area contributed by atoms with E-state index in [9.17, 15) is 4.79 Å². The van der Waals surface area contributed by atoms with Crippen LogP contribution in [0.25, 0.3) is 0 Å². The average molecular weight is 242 g/mol. The minimum atomic E-state index is -0.893. The summed E-state index contributed by atoms with van der Waals surface area (Å²) in [5, 5.41) is 9.54. The molecule has 0 saturated carbocycles. The molecule has 96 valence electrons. The molecule has 0 aliphatic carbocycles. The summed E-state index contributed by atoms with van der Waals surface area (Å²) in [7, 11) is 0. The lowest BCUT2D eigenvalue weighted by Gasteiger charge is -2.18. The van der Waals surface area contributed by atoms with Crippen LogP contribution in [0.2, 0.25) is 0 Å². The highest BCUT2D eigenvalue weighted by Crippen LogP contribution is 2.15. The molecule has 17 heavy (non-hydrogen) atoms. The van der Waals surface area contributed by atoms with Gasteiger partial charge >= 0.3 is 6.03 Å². The number of carbonyl (C=O) groups excluding carboxylic acids is 1. The van der Waals surface area contributed by atoms with E-state index in [2.05, 4.69) is 0 Å². The van der Waals surface area contributed by atoms with Crippen molar-refractivity contribution in [3.05, 3.63) is 23.2 Å². The molecule has 0 aliphatic heterocycles. The first-order valence-corrected chi connectivity index (χ1v) is 5.33. The van der Waals surface area contributed by atoms with E-state index >= 15 is 0 Å². The zero-order valence-corrected chi connectivity index (χ0v) is 10.3. The Morgan fingerprint density at radius 1 is 1.65 bits per heavy atom. The number of amides is 2. The third-order valence-corrected chi connectivity index (χ3v) is 2.35. The Morgan fingerprint density at radius 2 is 2.29 bits per heavy atom. The quantitative estimate of drug-likeness (QED) is 0.606. The van der Waals surface area contributed by atoms with Crippen molar-refractivity contribution in [3.63, 3.8) is 0 Å². The van der Waals surface area contributed by atoms with E-state index in [-0.39, 0.29) is 12.6 Å². The molecule has 0 spiro atoms. The van der Waals surface area contributed by atoms with Gasteiger partial charge in [0, 0.05) is 5.56 Å². The third-order valence-electron chi connectivity index (χ3n) is 2.35. The van der Waals surface area contributed by atoms with Crippen molar-refractivity contribution in [1.82, 2.24) is 5.06 Å². The normalized spacial score (nSPS) is 12.5. The van der Waals surface area contributed by atoms with Crippen LogP contribution in [0, 0.1) is 13.8 Å². The van der Waals surface area contributed by atoms with Crippen molar-refractivity contribution < 1.29 is 19.2 Å². The molecule has 1 aromatic rings. The molecule has 0 bridgehead atoms. The molecule has 0 radical (unpaired) electrons. The first kappa shape index (κ1) is 13.5. The molecule has 6 heteroatoms. The summed E-state index contributed by atoms with van der Waals surface area (Å²) < 4.78 is 10.8. The van der Waals surface area contributed by atoms with Crippen LogP contribution in [-0.4, -0.2) is 29.0 Å². The fraction of sp³-hybridized carbons (Fsp3) is 0.545. The lowest BCUT2D eigenvalue weighted by molar-refractivity contribution is -0.0796. The zero-order valence-electron chi connectivity index (χ0n) is 10.3. The van der Waals surface area contributed by atoms with E-state index in [0.717, 1.165) is 17.1 Å². The summed E-state index contributed by atoms with van der Waals surface area (Å²) in [4.78, 5) is 10.6. The summed E-state index contributed by atoms with van der Waals surface area (Å²) in [5.41, 5.74) is 5.84. The molecule has 0 saturated heterocycles. The van der Waals surface area contributed by atoms with Gasteiger partial charge in [-0.1, -0.05) is 0 Å². The number of rotatable bonds is 5. The van der Waals surface area contributed by atoms with Gasteiger partial charge in [0.15, 0.2) is 0 Å². The van der Waals surface area contributed by atoms with E-state index in [0.29, 0.717) is 11.7 Å². The Labute approximate surface area is 99.9 Å². The molecule has 1 aromatic heterocycles. The fourth-order valence-electron chi connectivity index (χ4n) is 1.45. The number of ether oxygens (including phenoxy) is 1. The van der Waals surface area contributed by atoms with Crippen molar-refractivity contribution in [3.8, 4) is 0 Å². The van der Waals surface area contributed by atoms with Crippen LogP contribution in [0.15, 0.2) is 10.5 Å². The number of urea groups is 1. The highest BCUT2D eigenvalue weighted by atomic mass is 16.5. The van der Waals surface area contributed by atoms with Crippen LogP contribution >= 0.6 is 0 Å². The SMILES string of the molecule is Cc1cc(COC(C)CN(O)C(N)=O)c(C)o1. The molecule has 6 nitrogen and oxygen atoms in total. The molecule has 0 aliphatic rings. The van der Waals surface area contributed by atoms with Gasteiger partial charge in [0.2, 0.25) is 0 Å². The Balaban J connectivity index is 2.40. The van der Waals surface area contributed by atoms with Crippen molar-refractivity contribution in [2.24, 2.45) is 5.73 Å². The molecule has 3 N–H and O–H groups in total. The Kier molecular flexibility index (Phi) is 4.53. The maximum Gasteiger partial charge on any atom is 0.338 e. The molecule has 1 atom stereocenters. The Bertz CT molecular complexity index is 389. The van der Waals surface area contributed by atoms with E-state index in [1.165, 1.54) is 0 Å². The third kappa shape index (κ3) is 4.08. The molecule has 0 fully saturated rings. The van der Waals surface area contributed by atoms with Gasteiger partial charge in [-0.3, -0.25) is 5.21 Å². The second-order valence-electron chi connectivity index (χ2n) is 3.98. The zero-order chi connectivity index (χ0) is 13.0. The Morgan fingerprint density at radius 3 is 2.76 bits per heavy atom. The average Bonchev–Trinajstić information content (AvgIpc) is 2.54. The molecule has 1 rings (SSSR count). The monoisotopic (exact) mass is 242 g/mol. The molecule has 2 amide bonds. The van der Waals surface area contributed by atoms with Crippen LogP contribution in [0.4, 0.5) is 4.79 Å². The fourth-order valence-corrected chi connectivity index (χ4v) is 1.45. The van der Waals surface area contributed by atoms with Crippen LogP contribution in [0.3, 0.4) is 0 Å². The van der Waals surface area contributed by atoms with Gasteiger partial charge in [-0.25, -0.2) is 9.86 Å². The molecular weight excluding hydrogens is 224 g/mol. The maximum absolute atomic E-state index is 10.6.